The Balaban J connectivity index is 1.39. The molecule has 316 valence electrons. The van der Waals surface area contributed by atoms with E-state index >= 15 is 0 Å². The maximum atomic E-state index is 13.9. The van der Waals surface area contributed by atoms with Crippen molar-refractivity contribution in [2.75, 3.05) is 37.9 Å². The van der Waals surface area contributed by atoms with Gasteiger partial charge in [0.05, 0.1) is 14.7 Å². The zero-order chi connectivity index (χ0) is 42.8. The number of esters is 2. The summed E-state index contributed by atoms with van der Waals surface area (Å²) in [6.45, 7) is 19.1. The van der Waals surface area contributed by atoms with Crippen molar-refractivity contribution in [3.63, 3.8) is 0 Å². The highest BCUT2D eigenvalue weighted by atomic mass is 32.2. The van der Waals surface area contributed by atoms with Gasteiger partial charge < -0.3 is 24.3 Å². The van der Waals surface area contributed by atoms with Crippen molar-refractivity contribution in [1.82, 2.24) is 5.32 Å². The van der Waals surface area contributed by atoms with Crippen molar-refractivity contribution in [3.05, 3.63) is 137 Å². The van der Waals surface area contributed by atoms with Gasteiger partial charge in [0, 0.05) is 23.0 Å². The van der Waals surface area contributed by atoms with E-state index in [-0.39, 0.29) is 37.9 Å². The molecule has 0 heterocycles. The predicted molar refractivity (Wildman–Crippen MR) is 245 cm³/mol. The van der Waals surface area contributed by atoms with Crippen molar-refractivity contribution >= 4 is 37.9 Å². The first-order valence-electron chi connectivity index (χ1n) is 20.6. The molecule has 0 bridgehead atoms. The van der Waals surface area contributed by atoms with Gasteiger partial charge in [0.1, 0.15) is 25.0 Å². The smallest absolute Gasteiger partial charge is 0.407 e. The van der Waals surface area contributed by atoms with E-state index < -0.39 is 32.1 Å². The molecule has 0 spiro atoms. The van der Waals surface area contributed by atoms with Crippen molar-refractivity contribution in [2.45, 2.75) is 90.5 Å². The molecule has 1 N–H and O–H groups in total. The van der Waals surface area contributed by atoms with Crippen LogP contribution in [0.15, 0.2) is 120 Å². The first kappa shape index (κ1) is 46.9. The zero-order valence-corrected chi connectivity index (χ0v) is 37.8. The lowest BCUT2D eigenvalue weighted by Crippen LogP contribution is -2.45. The van der Waals surface area contributed by atoms with Crippen LogP contribution in [0, 0.1) is 0 Å². The van der Waals surface area contributed by atoms with Gasteiger partial charge in [-0.25, -0.2) is 14.4 Å². The van der Waals surface area contributed by atoms with Gasteiger partial charge in [0.15, 0.2) is 6.61 Å². The molecular formula is C49H63NO7SSi. The molecule has 1 amide bonds. The quantitative estimate of drug-likeness (QED) is 0.0331. The highest BCUT2D eigenvalue weighted by molar-refractivity contribution is 7.99. The minimum atomic E-state index is -1.92. The molecular weight excluding hydrogens is 775 g/mol. The lowest BCUT2D eigenvalue weighted by Gasteiger charge is -2.30. The summed E-state index contributed by atoms with van der Waals surface area (Å²) < 4.78 is 22.5. The number of carbonyl (C=O) groups excluding carboxylic acids is 3. The Labute approximate surface area is 357 Å². The molecule has 0 fully saturated rings. The summed E-state index contributed by atoms with van der Waals surface area (Å²) in [6, 6.07) is 23.0. The third kappa shape index (κ3) is 15.4. The van der Waals surface area contributed by atoms with E-state index in [1.165, 1.54) is 22.8 Å². The van der Waals surface area contributed by atoms with Crippen LogP contribution in [-0.2, 0) is 23.8 Å². The summed E-state index contributed by atoms with van der Waals surface area (Å²) in [5, 5.41) is 2.86. The second kappa shape index (κ2) is 23.7. The Morgan fingerprint density at radius 1 is 0.797 bits per heavy atom. The minimum Gasteiger partial charge on any atom is -0.482 e. The van der Waals surface area contributed by atoms with E-state index in [1.807, 2.05) is 48.5 Å². The normalized spacial score (nSPS) is 13.7. The predicted octanol–water partition coefficient (Wildman–Crippen LogP) is 11.4. The van der Waals surface area contributed by atoms with Crippen molar-refractivity contribution in [2.24, 2.45) is 0 Å². The van der Waals surface area contributed by atoms with Gasteiger partial charge in [0.2, 0.25) is 0 Å². The summed E-state index contributed by atoms with van der Waals surface area (Å²) in [7, 11) is -1.92. The Hall–Kier alpha value is -4.80. The molecule has 4 rings (SSSR count). The molecule has 0 saturated heterocycles. The average molecular weight is 838 g/mol. The van der Waals surface area contributed by atoms with Crippen molar-refractivity contribution in [3.8, 4) is 16.9 Å². The van der Waals surface area contributed by atoms with Crippen LogP contribution in [0.4, 0.5) is 4.79 Å². The number of nitrogens with one attached hydrogen (secondary N) is 1. The number of ether oxygens (including phenoxy) is 4. The van der Waals surface area contributed by atoms with Gasteiger partial charge in [-0.2, -0.15) is 11.8 Å². The summed E-state index contributed by atoms with van der Waals surface area (Å²) in [5.41, 5.74) is 9.55. The molecule has 1 aliphatic carbocycles. The molecule has 3 aromatic carbocycles. The molecule has 1 unspecified atom stereocenters. The van der Waals surface area contributed by atoms with Crippen molar-refractivity contribution in [1.29, 1.82) is 0 Å². The fourth-order valence-electron chi connectivity index (χ4n) is 6.92. The first-order chi connectivity index (χ1) is 28.3. The maximum Gasteiger partial charge on any atom is 0.407 e. The second-order valence-electron chi connectivity index (χ2n) is 16.4. The summed E-state index contributed by atoms with van der Waals surface area (Å²) in [5.74, 6) is 0.485. The zero-order valence-electron chi connectivity index (χ0n) is 36.0. The van der Waals surface area contributed by atoms with Crippen LogP contribution < -0.4 is 10.1 Å². The molecule has 0 saturated carbocycles. The molecule has 10 heteroatoms. The average Bonchev–Trinajstić information content (AvgIpc) is 3.52. The number of amides is 1. The van der Waals surface area contributed by atoms with Gasteiger partial charge in [-0.3, -0.25) is 0 Å². The fourth-order valence-corrected chi connectivity index (χ4v) is 9.69. The Morgan fingerprint density at radius 3 is 2.02 bits per heavy atom. The molecule has 3 aromatic rings. The number of fused-ring (bicyclic) bond motifs is 3. The number of alkyl carbamates (subject to hydrolysis) is 1. The molecule has 0 aliphatic heterocycles. The van der Waals surface area contributed by atoms with Crippen LogP contribution in [0.3, 0.4) is 0 Å². The number of hydrogen-bond donors (Lipinski definition) is 1. The summed E-state index contributed by atoms with van der Waals surface area (Å²) in [4.78, 5) is 39.2. The van der Waals surface area contributed by atoms with Crippen LogP contribution in [0.1, 0.15) is 81.5 Å². The van der Waals surface area contributed by atoms with E-state index in [0.29, 0.717) is 17.3 Å². The van der Waals surface area contributed by atoms with Crippen molar-refractivity contribution < 1.29 is 33.3 Å². The van der Waals surface area contributed by atoms with Crippen LogP contribution in [0.2, 0.25) is 19.6 Å². The highest BCUT2D eigenvalue weighted by Crippen LogP contribution is 2.44. The number of rotatable bonds is 23. The molecule has 2 atom stereocenters. The van der Waals surface area contributed by atoms with Crippen LogP contribution in [-0.4, -0.2) is 70.1 Å². The molecule has 0 aromatic heterocycles. The standard InChI is InChI=1S/C49H63NO7SSi/c1-9-29-54-47(51)33-55-39-26-24-38(25-27-39)46(59(6,7)8)32-56-48(52)45(34-58-30-28-37(5)19-15-18-36(4)17-14-16-35(2)3)50-49(53)57-31-44-42-22-12-10-20-40(42)41-21-11-13-23-43(41)44/h9-13,16,18,20-28,44-46H,1,14-15,17,19,29-34H2,2-8H3,(H,50,53)/b36-18+,37-28+/t45-,46?/m0/s1. The van der Waals surface area contributed by atoms with E-state index in [0.717, 1.165) is 53.5 Å². The van der Waals surface area contributed by atoms with Crippen LogP contribution in [0.5, 0.6) is 5.75 Å². The number of thioether (sulfide) groups is 1. The second-order valence-corrected chi connectivity index (χ2v) is 22.9. The Kier molecular flexibility index (Phi) is 18.8. The number of allylic oxidation sites excluding steroid dienone is 5. The van der Waals surface area contributed by atoms with Gasteiger partial charge in [0.25, 0.3) is 0 Å². The van der Waals surface area contributed by atoms with E-state index in [9.17, 15) is 14.4 Å². The SMILES string of the molecule is C=CCOC(=O)COc1ccc(C(COC(=O)[C@H](CSC/C=C(\C)CC/C=C(\C)CCC=C(C)C)NC(=O)OCC2c3ccccc3-c3ccccc32)[Si](C)(C)C)cc1. The van der Waals surface area contributed by atoms with Crippen LogP contribution >= 0.6 is 11.8 Å². The third-order valence-electron chi connectivity index (χ3n) is 10.3. The summed E-state index contributed by atoms with van der Waals surface area (Å²) >= 11 is 1.57. The minimum absolute atomic E-state index is 0.0312. The lowest BCUT2D eigenvalue weighted by atomic mass is 9.98. The maximum absolute atomic E-state index is 13.9. The summed E-state index contributed by atoms with van der Waals surface area (Å²) in [6.07, 6.45) is 11.8. The molecule has 8 nitrogen and oxygen atoms in total. The number of carbonyl (C=O) groups is 3. The fraction of sp³-hybridized carbons (Fsp3) is 0.408. The highest BCUT2D eigenvalue weighted by Gasteiger charge is 2.33. The molecule has 0 radical (unpaired) electrons. The molecule has 59 heavy (non-hydrogen) atoms. The van der Waals surface area contributed by atoms with E-state index in [2.05, 4.69) is 102 Å². The van der Waals surface area contributed by atoms with Gasteiger partial charge >= 0.3 is 18.0 Å². The van der Waals surface area contributed by atoms with E-state index in [1.54, 1.807) is 11.8 Å². The number of benzene rings is 3. The lowest BCUT2D eigenvalue weighted by molar-refractivity contribution is -0.146. The van der Waals surface area contributed by atoms with Gasteiger partial charge in [-0.05, 0) is 93.3 Å². The van der Waals surface area contributed by atoms with Gasteiger partial charge in [-0.1, -0.05) is 128 Å². The molecule has 1 aliphatic rings. The van der Waals surface area contributed by atoms with E-state index in [4.69, 9.17) is 18.9 Å². The third-order valence-corrected chi connectivity index (χ3v) is 13.9. The largest absolute Gasteiger partial charge is 0.482 e. The topological polar surface area (TPSA) is 100 Å². The Bertz CT molecular complexity index is 1910. The Morgan fingerprint density at radius 2 is 1.41 bits per heavy atom. The monoisotopic (exact) mass is 837 g/mol. The van der Waals surface area contributed by atoms with Crippen LogP contribution in [0.25, 0.3) is 11.1 Å². The van der Waals surface area contributed by atoms with Gasteiger partial charge in [-0.15, -0.1) is 0 Å². The first-order valence-corrected chi connectivity index (χ1v) is 25.3. The number of hydrogen-bond acceptors (Lipinski definition) is 8.